The maximum atomic E-state index is 14.5. The van der Waals surface area contributed by atoms with Gasteiger partial charge in [0.1, 0.15) is 89.3 Å². The molecule has 67 heavy (non-hydrogen) atoms. The van der Waals surface area contributed by atoms with Crippen LogP contribution < -0.4 is 19.6 Å². The van der Waals surface area contributed by atoms with Crippen LogP contribution in [0.2, 0.25) is 0 Å². The normalized spacial score (nSPS) is 32.3. The van der Waals surface area contributed by atoms with Gasteiger partial charge in [0, 0.05) is 23.8 Å². The first-order valence-electron chi connectivity index (χ1n) is 20.4. The van der Waals surface area contributed by atoms with Crippen molar-refractivity contribution in [2.75, 3.05) is 26.9 Å². The number of phenols is 3. The van der Waals surface area contributed by atoms with E-state index in [1.165, 1.54) is 55.7 Å². The molecule has 4 aromatic rings. The largest absolute Gasteiger partial charge is 0.508 e. The summed E-state index contributed by atoms with van der Waals surface area (Å²) >= 11 is 0. The molecular formula is C43H48O24. The maximum Gasteiger partial charge on any atom is 0.331 e. The number of benzene rings is 3. The zero-order valence-electron chi connectivity index (χ0n) is 34.9. The lowest BCUT2D eigenvalue weighted by Gasteiger charge is -2.45. The van der Waals surface area contributed by atoms with Gasteiger partial charge in [-0.1, -0.05) is 6.07 Å². The fourth-order valence-electron chi connectivity index (χ4n) is 7.53. The predicted molar refractivity (Wildman–Crippen MR) is 220 cm³/mol. The standard InChI is InChI=1S/C43H48O24/c1-59-22-10-16(2-8-20(22)48)3-9-27(50)65-39-34(56)30(52)25(14-45)63-42(39)60-19-11-21(49)28-23(12-19)61-37(17-4-6-18(47)7-5-17)38(32(28)54)66-43-40(35(57)31(53)26(15-46)64-43)67-41-36(58)33(55)29(51)24(13-44)62-41/h2-12,24-26,29-31,33-36,39-49,51-53,55-58H,13-15H2,1H3/t24-,25-,26-,29-,30-,31-,33-,34-,35-,36-,39-,40-,41-,42+,43+/m0/s1. The van der Waals surface area contributed by atoms with E-state index >= 15 is 0 Å². The number of carbonyl (C=O) groups is 1. The number of carbonyl (C=O) groups excluding carboxylic acids is 1. The van der Waals surface area contributed by atoms with Crippen molar-refractivity contribution in [1.82, 2.24) is 0 Å². The number of hydrogen-bond acceptors (Lipinski definition) is 24. The molecule has 0 bridgehead atoms. The van der Waals surface area contributed by atoms with Crippen LogP contribution >= 0.6 is 0 Å². The molecule has 0 aliphatic carbocycles. The highest BCUT2D eigenvalue weighted by atomic mass is 16.8. The first-order chi connectivity index (χ1) is 32.0. The minimum absolute atomic E-state index is 0.0309. The number of ether oxygens (including phenoxy) is 8. The molecule has 15 atom stereocenters. The van der Waals surface area contributed by atoms with Crippen molar-refractivity contribution in [3.63, 3.8) is 0 Å². The Morgan fingerprint density at radius 1 is 0.657 bits per heavy atom. The van der Waals surface area contributed by atoms with Crippen molar-refractivity contribution in [2.24, 2.45) is 0 Å². The Kier molecular flexibility index (Phi) is 15.2. The van der Waals surface area contributed by atoms with Gasteiger partial charge in [0.15, 0.2) is 35.8 Å². The SMILES string of the molecule is COc1cc(C=CC(=O)O[C@@H]2[C@H](Oc3cc(O)c4c(=O)c(O[C@H]5O[C@@H](CO)[C@H](O)[C@H](O)[C@@H]5O[C@@H]5O[C@@H](CO)[C@H](O)[C@H](O)[C@@H]5O)c(-c5ccc(O)cc5)oc4c3)O[C@@H](CO)[C@H](O)[C@@H]2O)ccc1O. The number of fused-ring (bicyclic) bond motifs is 1. The van der Waals surface area contributed by atoms with Gasteiger partial charge < -0.3 is 109 Å². The third-order valence-corrected chi connectivity index (χ3v) is 11.2. The topological polar surface area (TPSA) is 384 Å². The fraction of sp³-hybridized carbons (Fsp3) is 0.442. The fourth-order valence-corrected chi connectivity index (χ4v) is 7.53. The number of aliphatic hydroxyl groups excluding tert-OH is 10. The van der Waals surface area contributed by atoms with Gasteiger partial charge in [-0.15, -0.1) is 0 Å². The Hall–Kier alpha value is -5.68. The van der Waals surface area contributed by atoms with Gasteiger partial charge in [0.25, 0.3) is 0 Å². The highest BCUT2D eigenvalue weighted by Crippen LogP contribution is 2.40. The number of methoxy groups -OCH3 is 1. The minimum Gasteiger partial charge on any atom is -0.508 e. The Morgan fingerprint density at radius 2 is 1.24 bits per heavy atom. The molecule has 24 nitrogen and oxygen atoms in total. The molecule has 3 fully saturated rings. The molecule has 3 aliphatic rings. The van der Waals surface area contributed by atoms with Crippen LogP contribution in [0.1, 0.15) is 5.56 Å². The number of aromatic hydroxyl groups is 3. The number of esters is 1. The van der Waals surface area contributed by atoms with E-state index in [9.17, 15) is 76.0 Å². The molecule has 24 heteroatoms. The summed E-state index contributed by atoms with van der Waals surface area (Å²) in [5, 5.41) is 135. The van der Waals surface area contributed by atoms with E-state index < -0.39 is 152 Å². The molecule has 0 spiro atoms. The number of aliphatic hydroxyl groups is 10. The average Bonchev–Trinajstić information content (AvgIpc) is 3.31. The van der Waals surface area contributed by atoms with E-state index in [1.807, 2.05) is 0 Å². The first-order valence-corrected chi connectivity index (χ1v) is 20.4. The van der Waals surface area contributed by atoms with Crippen LogP contribution in [-0.2, 0) is 28.5 Å². The van der Waals surface area contributed by atoms with Gasteiger partial charge in [-0.3, -0.25) is 4.79 Å². The summed E-state index contributed by atoms with van der Waals surface area (Å²) in [4.78, 5) is 27.5. The van der Waals surface area contributed by atoms with Crippen LogP contribution in [0.3, 0.4) is 0 Å². The van der Waals surface area contributed by atoms with Gasteiger partial charge in [0.2, 0.25) is 23.8 Å². The molecule has 13 N–H and O–H groups in total. The number of phenolic OH excluding ortho intramolecular Hbond substituents is 3. The second-order valence-electron chi connectivity index (χ2n) is 15.6. The maximum absolute atomic E-state index is 14.5. The van der Waals surface area contributed by atoms with Crippen molar-refractivity contribution in [1.29, 1.82) is 0 Å². The summed E-state index contributed by atoms with van der Waals surface area (Å²) in [6.07, 6.45) is -25.3. The lowest BCUT2D eigenvalue weighted by atomic mass is 9.97. The Bertz CT molecular complexity index is 2440. The molecule has 4 heterocycles. The van der Waals surface area contributed by atoms with Crippen LogP contribution in [0.4, 0.5) is 0 Å². The molecule has 0 unspecified atom stereocenters. The van der Waals surface area contributed by atoms with Crippen LogP contribution in [0.15, 0.2) is 69.9 Å². The highest BCUT2D eigenvalue weighted by Gasteiger charge is 2.52. The van der Waals surface area contributed by atoms with E-state index in [4.69, 9.17) is 42.3 Å². The predicted octanol–water partition coefficient (Wildman–Crippen LogP) is -2.97. The Labute approximate surface area is 377 Å². The molecular weight excluding hydrogens is 900 g/mol. The number of rotatable bonds is 14. The second kappa shape index (κ2) is 20.7. The van der Waals surface area contributed by atoms with Crippen molar-refractivity contribution >= 4 is 23.0 Å². The molecule has 364 valence electrons. The summed E-state index contributed by atoms with van der Waals surface area (Å²) in [5.74, 6) is -3.76. The third kappa shape index (κ3) is 10.1. The molecule has 3 saturated heterocycles. The van der Waals surface area contributed by atoms with E-state index in [1.54, 1.807) is 0 Å². The van der Waals surface area contributed by atoms with Crippen LogP contribution in [0.5, 0.6) is 34.5 Å². The van der Waals surface area contributed by atoms with Crippen molar-refractivity contribution < 1.29 is 113 Å². The van der Waals surface area contributed by atoms with E-state index in [2.05, 4.69) is 0 Å². The number of hydrogen-bond donors (Lipinski definition) is 13. The molecule has 3 aromatic carbocycles. The van der Waals surface area contributed by atoms with Crippen molar-refractivity contribution in [3.05, 3.63) is 76.5 Å². The van der Waals surface area contributed by atoms with Gasteiger partial charge in [-0.05, 0) is 48.0 Å². The quantitative estimate of drug-likeness (QED) is 0.0443. The van der Waals surface area contributed by atoms with E-state index in [-0.39, 0.29) is 28.6 Å². The van der Waals surface area contributed by atoms with E-state index in [0.29, 0.717) is 5.56 Å². The Morgan fingerprint density at radius 3 is 1.85 bits per heavy atom. The minimum atomic E-state index is -2.05. The monoisotopic (exact) mass is 948 g/mol. The summed E-state index contributed by atoms with van der Waals surface area (Å²) in [6, 6.07) is 11.1. The second-order valence-corrected chi connectivity index (χ2v) is 15.6. The van der Waals surface area contributed by atoms with Gasteiger partial charge in [-0.25, -0.2) is 4.79 Å². The highest BCUT2D eigenvalue weighted by molar-refractivity contribution is 5.89. The lowest BCUT2D eigenvalue weighted by Crippen LogP contribution is -2.65. The molecule has 7 rings (SSSR count). The van der Waals surface area contributed by atoms with Gasteiger partial charge in [0.05, 0.1) is 26.9 Å². The van der Waals surface area contributed by atoms with Gasteiger partial charge >= 0.3 is 5.97 Å². The van der Waals surface area contributed by atoms with Crippen LogP contribution in [0, 0.1) is 0 Å². The van der Waals surface area contributed by atoms with Crippen molar-refractivity contribution in [2.45, 2.75) is 92.1 Å². The van der Waals surface area contributed by atoms with Gasteiger partial charge in [-0.2, -0.15) is 0 Å². The van der Waals surface area contributed by atoms with Crippen LogP contribution in [-0.4, -0.2) is 191 Å². The van der Waals surface area contributed by atoms with E-state index in [0.717, 1.165) is 18.2 Å². The summed E-state index contributed by atoms with van der Waals surface area (Å²) in [6.45, 7) is -2.62. The summed E-state index contributed by atoms with van der Waals surface area (Å²) in [7, 11) is 1.32. The summed E-state index contributed by atoms with van der Waals surface area (Å²) in [5.41, 5.74) is -1.13. The zero-order valence-corrected chi connectivity index (χ0v) is 34.9. The molecule has 0 radical (unpaired) electrons. The zero-order chi connectivity index (χ0) is 48.4. The summed E-state index contributed by atoms with van der Waals surface area (Å²) < 4.78 is 51.1. The third-order valence-electron chi connectivity index (χ3n) is 11.2. The lowest BCUT2D eigenvalue weighted by molar-refractivity contribution is -0.358. The first kappa shape index (κ1) is 49.2. The average molecular weight is 949 g/mol. The van der Waals surface area contributed by atoms with Crippen LogP contribution in [0.25, 0.3) is 28.4 Å². The molecule has 1 aromatic heterocycles. The Balaban J connectivity index is 1.24. The molecule has 0 saturated carbocycles. The smallest absolute Gasteiger partial charge is 0.331 e. The van der Waals surface area contributed by atoms with Crippen molar-refractivity contribution in [3.8, 4) is 45.8 Å². The molecule has 3 aliphatic heterocycles. The molecule has 0 amide bonds.